The van der Waals surface area contributed by atoms with Gasteiger partial charge in [-0.3, -0.25) is 4.79 Å². The maximum absolute atomic E-state index is 13.4. The Kier molecular flexibility index (Phi) is 8.78. The quantitative estimate of drug-likeness (QED) is 0.415. The van der Waals surface area contributed by atoms with Gasteiger partial charge in [0.05, 0.1) is 36.8 Å². The summed E-state index contributed by atoms with van der Waals surface area (Å²) < 4.78 is 15.1. The summed E-state index contributed by atoms with van der Waals surface area (Å²) in [5, 5.41) is 7.26. The maximum Gasteiger partial charge on any atom is 0.274 e. The van der Waals surface area contributed by atoms with Gasteiger partial charge in [0.1, 0.15) is 5.82 Å². The van der Waals surface area contributed by atoms with Crippen molar-refractivity contribution >= 4 is 22.4 Å². The van der Waals surface area contributed by atoms with Gasteiger partial charge >= 0.3 is 0 Å². The number of hydrogen-bond donors (Lipinski definition) is 1. The van der Waals surface area contributed by atoms with Crippen LogP contribution in [0.3, 0.4) is 0 Å². The number of fused-ring (bicyclic) bond motifs is 1. The summed E-state index contributed by atoms with van der Waals surface area (Å²) in [7, 11) is 0. The molecule has 0 radical (unpaired) electrons. The van der Waals surface area contributed by atoms with E-state index >= 15 is 0 Å². The number of nitrogens with zero attached hydrogens (tertiary/aromatic N) is 2. The van der Waals surface area contributed by atoms with Crippen molar-refractivity contribution in [2.75, 3.05) is 19.6 Å². The van der Waals surface area contributed by atoms with E-state index in [2.05, 4.69) is 6.07 Å². The summed E-state index contributed by atoms with van der Waals surface area (Å²) in [5.41, 5.74) is 3.09. The van der Waals surface area contributed by atoms with E-state index in [0.29, 0.717) is 11.8 Å². The van der Waals surface area contributed by atoms with E-state index in [1.165, 1.54) is 17.7 Å². The predicted octanol–water partition coefficient (Wildman–Crippen LogP) is 1.64. The second-order valence-electron chi connectivity index (χ2n) is 9.51. The number of halogens is 3. The Hall–Kier alpha value is -2.73. The van der Waals surface area contributed by atoms with Crippen LogP contribution in [0.15, 0.2) is 77.6 Å². The highest BCUT2D eigenvalue weighted by Gasteiger charge is 2.24. The molecule has 1 N–H and O–H groups in total. The van der Waals surface area contributed by atoms with Gasteiger partial charge in [0.25, 0.3) is 5.56 Å². The first kappa shape index (κ1) is 26.3. The minimum absolute atomic E-state index is 0. The predicted molar refractivity (Wildman–Crippen MR) is 139 cm³/mol. The summed E-state index contributed by atoms with van der Waals surface area (Å²) in [6.07, 6.45) is 4.49. The maximum atomic E-state index is 13.4. The summed E-state index contributed by atoms with van der Waals surface area (Å²) in [6, 6.07) is 22.4. The Morgan fingerprint density at radius 3 is 2.50 bits per heavy atom. The monoisotopic (exact) mass is 525 g/mol. The van der Waals surface area contributed by atoms with E-state index in [1.807, 2.05) is 42.5 Å². The van der Waals surface area contributed by atoms with E-state index in [9.17, 15) is 9.18 Å². The van der Waals surface area contributed by atoms with Crippen molar-refractivity contribution in [2.45, 2.75) is 38.1 Å². The highest BCUT2D eigenvalue weighted by atomic mass is 35.5. The Bertz CT molecular complexity index is 1370. The topological polar surface area (TPSA) is 39.3 Å². The largest absolute Gasteiger partial charge is 1.00 e. The van der Waals surface area contributed by atoms with Crippen LogP contribution in [0.2, 0.25) is 5.02 Å². The minimum Gasteiger partial charge on any atom is -1.00 e. The third kappa shape index (κ3) is 6.15. The molecule has 0 saturated carbocycles. The molecule has 4 aromatic rings. The number of aromatic nitrogens is 2. The van der Waals surface area contributed by atoms with Gasteiger partial charge in [0, 0.05) is 29.7 Å². The number of rotatable bonds is 6. The summed E-state index contributed by atoms with van der Waals surface area (Å²) in [5.74, 6) is -0.252. The zero-order valence-corrected chi connectivity index (χ0v) is 21.6. The molecule has 3 aromatic carbocycles. The van der Waals surface area contributed by atoms with Crippen LogP contribution in [0, 0.1) is 5.82 Å². The Labute approximate surface area is 222 Å². The summed E-state index contributed by atoms with van der Waals surface area (Å²) in [6.45, 7) is 3.17. The van der Waals surface area contributed by atoms with Crippen LogP contribution in [0.4, 0.5) is 4.39 Å². The average Bonchev–Trinajstić information content (AvgIpc) is 3.11. The molecule has 5 rings (SSSR count). The van der Waals surface area contributed by atoms with E-state index < -0.39 is 0 Å². The lowest BCUT2D eigenvalue weighted by Gasteiger charge is -2.19. The zero-order valence-electron chi connectivity index (χ0n) is 20.1. The molecule has 0 aliphatic carbocycles. The molecule has 2 heterocycles. The zero-order chi connectivity index (χ0) is 24.2. The lowest BCUT2D eigenvalue weighted by molar-refractivity contribution is -0.899. The molecule has 1 aliphatic rings. The molecule has 188 valence electrons. The van der Waals surface area contributed by atoms with Crippen molar-refractivity contribution in [3.8, 4) is 0 Å². The number of likely N-dealkylation sites (tertiary alicyclic amines) is 1. The van der Waals surface area contributed by atoms with Crippen LogP contribution in [0.25, 0.3) is 10.8 Å². The molecular weight excluding hydrogens is 496 g/mol. The third-order valence-corrected chi connectivity index (χ3v) is 7.33. The normalized spacial score (nSPS) is 17.9. The van der Waals surface area contributed by atoms with Crippen molar-refractivity contribution in [1.29, 1.82) is 0 Å². The summed E-state index contributed by atoms with van der Waals surface area (Å²) in [4.78, 5) is 15.0. The van der Waals surface area contributed by atoms with Crippen LogP contribution in [-0.2, 0) is 12.8 Å². The van der Waals surface area contributed by atoms with Gasteiger partial charge in [-0.05, 0) is 54.3 Å². The standard InChI is InChI=1S/C29H29ClFN3O.ClH/c30-23-6-3-5-21(19-23)14-17-33-16-4-7-25(15-18-33)34-29(35)27-9-2-1-8-26(27)28(32-34)20-22-10-12-24(31)13-11-22;/h1-3,5-6,8-13,19,25H,4,7,14-18,20H2;1H. The average molecular weight is 526 g/mol. The Morgan fingerprint density at radius 1 is 0.944 bits per heavy atom. The fourth-order valence-corrected chi connectivity index (χ4v) is 5.40. The van der Waals surface area contributed by atoms with Crippen molar-refractivity contribution in [3.05, 3.63) is 111 Å². The van der Waals surface area contributed by atoms with E-state index in [4.69, 9.17) is 16.7 Å². The highest BCUT2D eigenvalue weighted by Crippen LogP contribution is 2.22. The molecule has 1 aliphatic heterocycles. The van der Waals surface area contributed by atoms with Crippen LogP contribution in [0.1, 0.15) is 42.1 Å². The van der Waals surface area contributed by atoms with Crippen LogP contribution >= 0.6 is 11.6 Å². The lowest BCUT2D eigenvalue weighted by Crippen LogP contribution is -3.12. The van der Waals surface area contributed by atoms with E-state index in [1.54, 1.807) is 21.7 Å². The molecule has 2 atom stereocenters. The fourth-order valence-electron chi connectivity index (χ4n) is 5.18. The first-order chi connectivity index (χ1) is 17.1. The van der Waals surface area contributed by atoms with Crippen LogP contribution in [0.5, 0.6) is 0 Å². The molecule has 1 fully saturated rings. The molecule has 4 nitrogen and oxygen atoms in total. The van der Waals surface area contributed by atoms with E-state index in [-0.39, 0.29) is 29.8 Å². The lowest BCUT2D eigenvalue weighted by atomic mass is 10.0. The molecule has 1 aromatic heterocycles. The fraction of sp³-hybridized carbons (Fsp3) is 0.310. The Balaban J connectivity index is 0.00000304. The SMILES string of the molecule is O=c1c2ccccc2c(Cc2ccc(F)cc2)nn1C1CCC[NH+](CCc2cccc(Cl)c2)CC1.[Cl-]. The molecule has 0 amide bonds. The van der Waals surface area contributed by atoms with Gasteiger partial charge in [-0.2, -0.15) is 5.10 Å². The molecule has 0 bridgehead atoms. The minimum atomic E-state index is -0.252. The molecule has 2 unspecified atom stereocenters. The molecule has 1 saturated heterocycles. The van der Waals surface area contributed by atoms with Crippen LogP contribution < -0.4 is 22.9 Å². The van der Waals surface area contributed by atoms with Gasteiger partial charge in [0.2, 0.25) is 0 Å². The summed E-state index contributed by atoms with van der Waals surface area (Å²) >= 11 is 6.14. The number of hydrogen-bond acceptors (Lipinski definition) is 2. The van der Waals surface area contributed by atoms with Gasteiger partial charge < -0.3 is 17.3 Å². The first-order valence-electron chi connectivity index (χ1n) is 12.4. The first-order valence-corrected chi connectivity index (χ1v) is 12.8. The number of nitrogens with one attached hydrogen (secondary N) is 1. The number of benzene rings is 3. The second-order valence-corrected chi connectivity index (χ2v) is 9.95. The van der Waals surface area contributed by atoms with Gasteiger partial charge in [-0.1, -0.05) is 54.1 Å². The molecule has 36 heavy (non-hydrogen) atoms. The molecule has 7 heteroatoms. The second kappa shape index (κ2) is 12.0. The van der Waals surface area contributed by atoms with Crippen LogP contribution in [-0.4, -0.2) is 29.4 Å². The smallest absolute Gasteiger partial charge is 0.274 e. The van der Waals surface area contributed by atoms with Gasteiger partial charge in [-0.15, -0.1) is 0 Å². The molecule has 0 spiro atoms. The Morgan fingerprint density at radius 2 is 1.72 bits per heavy atom. The van der Waals surface area contributed by atoms with Crippen molar-refractivity contribution in [2.24, 2.45) is 0 Å². The van der Waals surface area contributed by atoms with Crippen molar-refractivity contribution in [3.63, 3.8) is 0 Å². The molecular formula is C29H30Cl2FN3O. The van der Waals surface area contributed by atoms with Gasteiger partial charge in [0.15, 0.2) is 0 Å². The van der Waals surface area contributed by atoms with Crippen molar-refractivity contribution in [1.82, 2.24) is 9.78 Å². The van der Waals surface area contributed by atoms with E-state index in [0.717, 1.165) is 67.0 Å². The van der Waals surface area contributed by atoms with Crippen molar-refractivity contribution < 1.29 is 21.7 Å². The third-order valence-electron chi connectivity index (χ3n) is 7.09. The number of quaternary nitrogens is 1. The van der Waals surface area contributed by atoms with Gasteiger partial charge in [-0.25, -0.2) is 9.07 Å². The highest BCUT2D eigenvalue weighted by molar-refractivity contribution is 6.30.